The summed E-state index contributed by atoms with van der Waals surface area (Å²) in [6, 6.07) is 9.42. The Hall–Kier alpha value is -2.74. The van der Waals surface area contributed by atoms with Gasteiger partial charge in [-0.2, -0.15) is 0 Å². The fourth-order valence-electron chi connectivity index (χ4n) is 4.06. The van der Waals surface area contributed by atoms with E-state index in [1.807, 2.05) is 43.0 Å². The van der Waals surface area contributed by atoms with Crippen molar-refractivity contribution in [2.24, 2.45) is 0 Å². The standard InChI is InChI=1S/C24H31N3O4S/c1-16(2)25-24(29)27(17-7-8-17)14-23(28)26-11-9-22-20(10-12-32-22)21(26)15-31-19-6-4-5-18(13-19)30-3/h4-6,10,12-13,16-17,21H,7-9,11,14-15H2,1-3H3,(H,25,29). The maximum atomic E-state index is 13.4. The van der Waals surface area contributed by atoms with E-state index in [0.29, 0.717) is 18.9 Å². The van der Waals surface area contributed by atoms with Gasteiger partial charge >= 0.3 is 6.03 Å². The van der Waals surface area contributed by atoms with Crippen LogP contribution in [-0.2, 0) is 11.2 Å². The second-order valence-electron chi connectivity index (χ2n) is 8.61. The van der Waals surface area contributed by atoms with Gasteiger partial charge in [-0.3, -0.25) is 4.79 Å². The molecule has 2 aromatic rings. The van der Waals surface area contributed by atoms with E-state index in [4.69, 9.17) is 9.47 Å². The van der Waals surface area contributed by atoms with Crippen molar-refractivity contribution in [3.05, 3.63) is 46.2 Å². The monoisotopic (exact) mass is 457 g/mol. The van der Waals surface area contributed by atoms with Gasteiger partial charge in [-0.15, -0.1) is 11.3 Å². The molecule has 1 unspecified atom stereocenters. The number of methoxy groups -OCH3 is 1. The van der Waals surface area contributed by atoms with Crippen LogP contribution in [-0.4, -0.2) is 60.6 Å². The summed E-state index contributed by atoms with van der Waals surface area (Å²) in [5.74, 6) is 1.40. The van der Waals surface area contributed by atoms with E-state index in [-0.39, 0.29) is 36.6 Å². The number of rotatable bonds is 8. The summed E-state index contributed by atoms with van der Waals surface area (Å²) in [7, 11) is 1.62. The van der Waals surface area contributed by atoms with Gasteiger partial charge in [-0.25, -0.2) is 4.79 Å². The highest BCUT2D eigenvalue weighted by Crippen LogP contribution is 2.35. The van der Waals surface area contributed by atoms with Gasteiger partial charge in [-0.1, -0.05) is 6.07 Å². The summed E-state index contributed by atoms with van der Waals surface area (Å²) in [4.78, 5) is 31.0. The maximum absolute atomic E-state index is 13.4. The number of benzene rings is 1. The summed E-state index contributed by atoms with van der Waals surface area (Å²) < 4.78 is 11.4. The molecule has 1 aliphatic heterocycles. The Bertz CT molecular complexity index is 956. The molecular weight excluding hydrogens is 426 g/mol. The van der Waals surface area contributed by atoms with Crippen molar-refractivity contribution >= 4 is 23.3 Å². The van der Waals surface area contributed by atoms with Crippen LogP contribution in [0.15, 0.2) is 35.7 Å². The molecule has 0 saturated heterocycles. The van der Waals surface area contributed by atoms with Crippen LogP contribution >= 0.6 is 11.3 Å². The lowest BCUT2D eigenvalue weighted by Crippen LogP contribution is -2.51. The van der Waals surface area contributed by atoms with Crippen molar-refractivity contribution in [3.63, 3.8) is 0 Å². The smallest absolute Gasteiger partial charge is 0.318 e. The summed E-state index contributed by atoms with van der Waals surface area (Å²) in [6.45, 7) is 4.93. The molecule has 2 heterocycles. The van der Waals surface area contributed by atoms with Gasteiger partial charge in [0, 0.05) is 29.6 Å². The molecule has 1 aromatic carbocycles. The third-order valence-electron chi connectivity index (χ3n) is 5.83. The Kier molecular flexibility index (Phi) is 6.89. The van der Waals surface area contributed by atoms with E-state index < -0.39 is 0 Å². The fraction of sp³-hybridized carbons (Fsp3) is 0.500. The molecule has 0 bridgehead atoms. The van der Waals surface area contributed by atoms with E-state index in [1.54, 1.807) is 23.3 Å². The SMILES string of the molecule is COc1cccc(OCC2c3ccsc3CCN2C(=O)CN(C(=O)NC(C)C)C2CC2)c1. The summed E-state index contributed by atoms with van der Waals surface area (Å²) >= 11 is 1.72. The number of thiophene rings is 1. The summed E-state index contributed by atoms with van der Waals surface area (Å²) in [6.07, 6.45) is 2.74. The van der Waals surface area contributed by atoms with Crippen molar-refractivity contribution in [1.82, 2.24) is 15.1 Å². The van der Waals surface area contributed by atoms with Crippen molar-refractivity contribution in [1.29, 1.82) is 0 Å². The van der Waals surface area contributed by atoms with Gasteiger partial charge in [0.2, 0.25) is 5.91 Å². The number of carbonyl (C=O) groups excluding carboxylic acids is 2. The zero-order valence-electron chi connectivity index (χ0n) is 18.9. The first-order valence-corrected chi connectivity index (χ1v) is 12.0. The zero-order chi connectivity index (χ0) is 22.7. The Morgan fingerprint density at radius 2 is 2.03 bits per heavy atom. The Balaban J connectivity index is 1.49. The van der Waals surface area contributed by atoms with Gasteiger partial charge in [0.05, 0.1) is 13.2 Å². The van der Waals surface area contributed by atoms with E-state index in [1.165, 1.54) is 4.88 Å². The van der Waals surface area contributed by atoms with Gasteiger partial charge < -0.3 is 24.6 Å². The predicted octanol–water partition coefficient (Wildman–Crippen LogP) is 3.84. The molecule has 32 heavy (non-hydrogen) atoms. The molecule has 8 heteroatoms. The third kappa shape index (κ3) is 5.18. The number of nitrogens with zero attached hydrogens (tertiary/aromatic N) is 2. The number of hydrogen-bond acceptors (Lipinski definition) is 5. The van der Waals surface area contributed by atoms with Crippen LogP contribution < -0.4 is 14.8 Å². The van der Waals surface area contributed by atoms with E-state index in [0.717, 1.165) is 30.6 Å². The van der Waals surface area contributed by atoms with Crippen LogP contribution in [0.25, 0.3) is 0 Å². The molecule has 7 nitrogen and oxygen atoms in total. The van der Waals surface area contributed by atoms with Crippen LogP contribution in [0.1, 0.15) is 43.2 Å². The van der Waals surface area contributed by atoms with Crippen molar-refractivity contribution < 1.29 is 19.1 Å². The number of nitrogens with one attached hydrogen (secondary N) is 1. The van der Waals surface area contributed by atoms with Crippen molar-refractivity contribution in [3.8, 4) is 11.5 Å². The number of ether oxygens (including phenoxy) is 2. The molecule has 3 amide bonds. The predicted molar refractivity (Wildman–Crippen MR) is 124 cm³/mol. The lowest BCUT2D eigenvalue weighted by molar-refractivity contribution is -0.135. The number of fused-ring (bicyclic) bond motifs is 1. The molecule has 1 N–H and O–H groups in total. The molecule has 1 aromatic heterocycles. The molecular formula is C24H31N3O4S. The minimum Gasteiger partial charge on any atom is -0.497 e. The minimum atomic E-state index is -0.182. The molecule has 1 aliphatic carbocycles. The minimum absolute atomic E-state index is 0.0335. The fourth-order valence-corrected chi connectivity index (χ4v) is 4.99. The first kappa shape index (κ1) is 22.5. The first-order valence-electron chi connectivity index (χ1n) is 11.2. The average molecular weight is 458 g/mol. The topological polar surface area (TPSA) is 71.1 Å². The van der Waals surface area contributed by atoms with Gasteiger partial charge in [0.25, 0.3) is 0 Å². The van der Waals surface area contributed by atoms with E-state index >= 15 is 0 Å². The van der Waals surface area contributed by atoms with E-state index in [9.17, 15) is 9.59 Å². The van der Waals surface area contributed by atoms with Crippen molar-refractivity contribution in [2.45, 2.75) is 51.2 Å². The highest BCUT2D eigenvalue weighted by Gasteiger charge is 2.38. The first-order chi connectivity index (χ1) is 15.5. The Labute approximate surface area is 193 Å². The van der Waals surface area contributed by atoms with Crippen LogP contribution in [0, 0.1) is 0 Å². The molecule has 0 spiro atoms. The van der Waals surface area contributed by atoms with Crippen molar-refractivity contribution in [2.75, 3.05) is 26.8 Å². The number of urea groups is 1. The maximum Gasteiger partial charge on any atom is 0.318 e. The second kappa shape index (κ2) is 9.81. The summed E-state index contributed by atoms with van der Waals surface area (Å²) in [5.41, 5.74) is 1.14. The third-order valence-corrected chi connectivity index (χ3v) is 6.83. The lowest BCUT2D eigenvalue weighted by atomic mass is 10.0. The van der Waals surface area contributed by atoms with Gasteiger partial charge in [0.15, 0.2) is 0 Å². The Morgan fingerprint density at radius 1 is 1.25 bits per heavy atom. The summed E-state index contributed by atoms with van der Waals surface area (Å²) in [5, 5.41) is 5.01. The lowest BCUT2D eigenvalue weighted by Gasteiger charge is -2.37. The van der Waals surface area contributed by atoms with Gasteiger partial charge in [-0.05, 0) is 62.3 Å². The number of amides is 3. The molecule has 4 rings (SSSR count). The molecule has 172 valence electrons. The highest BCUT2D eigenvalue weighted by atomic mass is 32.1. The molecule has 1 saturated carbocycles. The van der Waals surface area contributed by atoms with Gasteiger partial charge in [0.1, 0.15) is 24.7 Å². The van der Waals surface area contributed by atoms with Crippen LogP contribution in [0.3, 0.4) is 0 Å². The highest BCUT2D eigenvalue weighted by molar-refractivity contribution is 7.10. The molecule has 1 fully saturated rings. The quantitative estimate of drug-likeness (QED) is 0.654. The molecule has 2 aliphatic rings. The second-order valence-corrected chi connectivity index (χ2v) is 9.61. The largest absolute Gasteiger partial charge is 0.497 e. The van der Waals surface area contributed by atoms with Crippen LogP contribution in [0.4, 0.5) is 4.79 Å². The van der Waals surface area contributed by atoms with Crippen LogP contribution in [0.5, 0.6) is 11.5 Å². The Morgan fingerprint density at radius 3 is 2.75 bits per heavy atom. The number of carbonyl (C=O) groups is 2. The average Bonchev–Trinajstić information content (AvgIpc) is 3.50. The normalized spacial score (nSPS) is 17.6. The molecule has 0 radical (unpaired) electrons. The molecule has 1 atom stereocenters. The van der Waals surface area contributed by atoms with Crippen LogP contribution in [0.2, 0.25) is 0 Å². The number of hydrogen-bond donors (Lipinski definition) is 1. The van der Waals surface area contributed by atoms with E-state index in [2.05, 4.69) is 16.8 Å². The zero-order valence-corrected chi connectivity index (χ0v) is 19.7.